The molecule has 0 N–H and O–H groups in total. The summed E-state index contributed by atoms with van der Waals surface area (Å²) in [5.74, 6) is -0.00665. The molecule has 0 saturated carbocycles. The first-order chi connectivity index (χ1) is 19.0. The molecule has 2 heterocycles. The number of rotatable bonds is 7. The molecule has 6 rings (SSSR count). The van der Waals surface area contributed by atoms with Crippen LogP contribution in [0.3, 0.4) is 0 Å². The summed E-state index contributed by atoms with van der Waals surface area (Å²) in [6.45, 7) is 0.329. The summed E-state index contributed by atoms with van der Waals surface area (Å²) >= 11 is 0. The second kappa shape index (κ2) is 10.2. The molecule has 2 aliphatic heterocycles. The summed E-state index contributed by atoms with van der Waals surface area (Å²) < 4.78 is 32.9. The van der Waals surface area contributed by atoms with Gasteiger partial charge in [-0.05, 0) is 35.4 Å². The van der Waals surface area contributed by atoms with Gasteiger partial charge in [0, 0.05) is 30.6 Å². The zero-order chi connectivity index (χ0) is 26.9. The predicted molar refractivity (Wildman–Crippen MR) is 150 cm³/mol. The van der Waals surface area contributed by atoms with Crippen molar-refractivity contribution in [2.24, 2.45) is 4.99 Å². The summed E-state index contributed by atoms with van der Waals surface area (Å²) in [5, 5.41) is 0. The lowest BCUT2D eigenvalue weighted by molar-refractivity contribution is -0.139. The van der Waals surface area contributed by atoms with E-state index in [-0.39, 0.29) is 29.6 Å². The lowest BCUT2D eigenvalue weighted by Gasteiger charge is -2.32. The standard InChI is InChI=1S/C32H28N2O4S/c35-31-32(22-24-12-4-1-5-13-24)29(38-30(33-32)25-14-6-2-7-15-25)28-19-11-10-16-26(28)23-34(31)20-21-39(36,37)27-17-8-3-9-18-27/h1-19,29H,20-23H2/t29-,32-/m0/s1. The van der Waals surface area contributed by atoms with Crippen molar-refractivity contribution >= 4 is 21.6 Å². The van der Waals surface area contributed by atoms with Crippen LogP contribution >= 0.6 is 0 Å². The highest BCUT2D eigenvalue weighted by atomic mass is 32.2. The lowest BCUT2D eigenvalue weighted by atomic mass is 9.81. The Morgan fingerprint density at radius 3 is 2.15 bits per heavy atom. The van der Waals surface area contributed by atoms with Gasteiger partial charge in [-0.25, -0.2) is 13.4 Å². The van der Waals surface area contributed by atoms with E-state index in [1.807, 2.05) is 84.9 Å². The SMILES string of the molecule is O=C1N(CCS(=O)(=O)c2ccccc2)Cc2ccccc2[C@@H]2OC(c3ccccc3)=N[C@]12Cc1ccccc1. The minimum atomic E-state index is -3.59. The van der Waals surface area contributed by atoms with E-state index >= 15 is 0 Å². The van der Waals surface area contributed by atoms with E-state index in [9.17, 15) is 13.2 Å². The number of aliphatic imine (C=N–C) groups is 1. The number of ether oxygens (including phenoxy) is 1. The van der Waals surface area contributed by atoms with Crippen molar-refractivity contribution in [3.63, 3.8) is 0 Å². The van der Waals surface area contributed by atoms with Crippen molar-refractivity contribution in [1.82, 2.24) is 4.90 Å². The van der Waals surface area contributed by atoms with Crippen molar-refractivity contribution in [2.45, 2.75) is 29.5 Å². The maximum absolute atomic E-state index is 14.6. The fourth-order valence-corrected chi connectivity index (χ4v) is 6.69. The van der Waals surface area contributed by atoms with Gasteiger partial charge in [0.05, 0.1) is 10.6 Å². The Bertz CT molecular complexity index is 1620. The van der Waals surface area contributed by atoms with Crippen LogP contribution in [0, 0.1) is 0 Å². The monoisotopic (exact) mass is 536 g/mol. The van der Waals surface area contributed by atoms with Crippen LogP contribution < -0.4 is 0 Å². The van der Waals surface area contributed by atoms with Gasteiger partial charge in [0.2, 0.25) is 5.90 Å². The Hall–Kier alpha value is -4.23. The van der Waals surface area contributed by atoms with Crippen LogP contribution in [0.25, 0.3) is 0 Å². The summed E-state index contributed by atoms with van der Waals surface area (Å²) in [4.78, 5) is 21.5. The molecule has 0 unspecified atom stereocenters. The van der Waals surface area contributed by atoms with Crippen LogP contribution in [0.1, 0.15) is 28.4 Å². The Morgan fingerprint density at radius 2 is 1.44 bits per heavy atom. The number of carbonyl (C=O) groups is 1. The van der Waals surface area contributed by atoms with Crippen LogP contribution in [0.2, 0.25) is 0 Å². The van der Waals surface area contributed by atoms with Crippen LogP contribution in [-0.4, -0.2) is 43.0 Å². The minimum absolute atomic E-state index is 0.0455. The van der Waals surface area contributed by atoms with Gasteiger partial charge in [-0.15, -0.1) is 0 Å². The van der Waals surface area contributed by atoms with Crippen LogP contribution in [0.4, 0.5) is 0 Å². The van der Waals surface area contributed by atoms with Crippen LogP contribution in [-0.2, 0) is 32.3 Å². The fourth-order valence-electron chi connectivity index (χ4n) is 5.43. The number of amides is 1. The highest BCUT2D eigenvalue weighted by Crippen LogP contribution is 2.46. The molecule has 0 aromatic heterocycles. The number of fused-ring (bicyclic) bond motifs is 3. The second-order valence-electron chi connectivity index (χ2n) is 9.92. The molecule has 196 valence electrons. The van der Waals surface area contributed by atoms with Gasteiger partial charge in [-0.2, -0.15) is 0 Å². The quantitative estimate of drug-likeness (QED) is 0.333. The third-order valence-electron chi connectivity index (χ3n) is 7.39. The number of carbonyl (C=O) groups excluding carboxylic acids is 1. The van der Waals surface area contributed by atoms with Gasteiger partial charge in [0.1, 0.15) is 0 Å². The molecule has 1 amide bonds. The van der Waals surface area contributed by atoms with Crippen LogP contribution in [0.15, 0.2) is 125 Å². The van der Waals surface area contributed by atoms with Gasteiger partial charge < -0.3 is 9.64 Å². The molecule has 0 saturated heterocycles. The van der Waals surface area contributed by atoms with E-state index < -0.39 is 21.5 Å². The number of sulfone groups is 1. The van der Waals surface area contributed by atoms with Crippen molar-refractivity contribution < 1.29 is 17.9 Å². The smallest absolute Gasteiger partial charge is 0.255 e. The fraction of sp³-hybridized carbons (Fsp3) is 0.188. The molecule has 7 heteroatoms. The third-order valence-corrected chi connectivity index (χ3v) is 9.10. The molecule has 2 aliphatic rings. The Labute approximate surface area is 228 Å². The topological polar surface area (TPSA) is 76.0 Å². The lowest BCUT2D eigenvalue weighted by Crippen LogP contribution is -2.50. The molecule has 0 bridgehead atoms. The Morgan fingerprint density at radius 1 is 0.821 bits per heavy atom. The van der Waals surface area contributed by atoms with Crippen molar-refractivity contribution in [3.05, 3.63) is 138 Å². The molecule has 0 aliphatic carbocycles. The van der Waals surface area contributed by atoms with Gasteiger partial charge in [0.15, 0.2) is 21.5 Å². The molecule has 0 spiro atoms. The van der Waals surface area contributed by atoms with Gasteiger partial charge in [-0.3, -0.25) is 4.79 Å². The summed E-state index contributed by atoms with van der Waals surface area (Å²) in [6, 6.07) is 35.6. The molecule has 6 nitrogen and oxygen atoms in total. The van der Waals surface area contributed by atoms with Gasteiger partial charge in [-0.1, -0.05) is 91.0 Å². The predicted octanol–water partition coefficient (Wildman–Crippen LogP) is 5.00. The molecule has 39 heavy (non-hydrogen) atoms. The molecule has 0 radical (unpaired) electrons. The summed E-state index contributed by atoms with van der Waals surface area (Å²) in [5.41, 5.74) is 2.28. The second-order valence-corrected chi connectivity index (χ2v) is 12.0. The van der Waals surface area contributed by atoms with E-state index in [1.54, 1.807) is 35.2 Å². The Kier molecular flexibility index (Phi) is 6.53. The molecular weight excluding hydrogens is 508 g/mol. The van der Waals surface area contributed by atoms with Crippen molar-refractivity contribution in [2.75, 3.05) is 12.3 Å². The van der Waals surface area contributed by atoms with E-state index in [4.69, 9.17) is 9.73 Å². The van der Waals surface area contributed by atoms with Gasteiger partial charge in [0.25, 0.3) is 5.91 Å². The zero-order valence-electron chi connectivity index (χ0n) is 21.3. The molecule has 4 aromatic rings. The van der Waals surface area contributed by atoms with Crippen molar-refractivity contribution in [1.29, 1.82) is 0 Å². The summed E-state index contributed by atoms with van der Waals surface area (Å²) in [7, 11) is -3.59. The maximum Gasteiger partial charge on any atom is 0.255 e. The number of hydrogen-bond donors (Lipinski definition) is 0. The summed E-state index contributed by atoms with van der Waals surface area (Å²) in [6.07, 6.45) is -0.323. The molecular formula is C32H28N2O4S. The largest absolute Gasteiger partial charge is 0.466 e. The Balaban J connectivity index is 1.45. The highest BCUT2D eigenvalue weighted by molar-refractivity contribution is 7.91. The van der Waals surface area contributed by atoms with Crippen LogP contribution in [0.5, 0.6) is 0 Å². The first-order valence-electron chi connectivity index (χ1n) is 13.0. The normalized spacial score (nSPS) is 20.4. The minimum Gasteiger partial charge on any atom is -0.466 e. The number of benzene rings is 4. The zero-order valence-corrected chi connectivity index (χ0v) is 22.1. The molecule has 4 aromatic carbocycles. The van der Waals surface area contributed by atoms with Gasteiger partial charge >= 0.3 is 0 Å². The van der Waals surface area contributed by atoms with Crippen molar-refractivity contribution in [3.8, 4) is 0 Å². The van der Waals surface area contributed by atoms with E-state index in [1.165, 1.54) is 0 Å². The number of nitrogens with zero attached hydrogens (tertiary/aromatic N) is 2. The first kappa shape index (κ1) is 25.1. The maximum atomic E-state index is 14.6. The van der Waals surface area contributed by atoms with E-state index in [0.29, 0.717) is 12.3 Å². The highest BCUT2D eigenvalue weighted by Gasteiger charge is 2.56. The van der Waals surface area contributed by atoms with E-state index in [0.717, 1.165) is 22.3 Å². The van der Waals surface area contributed by atoms with E-state index in [2.05, 4.69) is 0 Å². The molecule has 2 atom stereocenters. The molecule has 0 fully saturated rings. The number of hydrogen-bond acceptors (Lipinski definition) is 5. The average Bonchev–Trinajstić information content (AvgIpc) is 3.33. The third kappa shape index (κ3) is 4.74. The average molecular weight is 537 g/mol. The first-order valence-corrected chi connectivity index (χ1v) is 14.6.